The number of nitrogens with two attached hydrogens (primary N) is 1. The first kappa shape index (κ1) is 8.19. The van der Waals surface area contributed by atoms with Crippen molar-refractivity contribution in [2.45, 2.75) is 6.54 Å². The minimum atomic E-state index is -0.259. The first-order valence-corrected chi connectivity index (χ1v) is 4.12. The van der Waals surface area contributed by atoms with Crippen molar-refractivity contribution in [3.05, 3.63) is 30.3 Å². The lowest BCUT2D eigenvalue weighted by atomic mass is 10.3. The van der Waals surface area contributed by atoms with Crippen molar-refractivity contribution < 1.29 is 4.39 Å². The number of rotatable bonds is 2. The molecule has 0 saturated carbocycles. The molecule has 2 aromatic rings. The van der Waals surface area contributed by atoms with Crippen molar-refractivity contribution in [1.29, 1.82) is 0 Å². The third-order valence-electron chi connectivity index (χ3n) is 1.95. The third-order valence-corrected chi connectivity index (χ3v) is 1.95. The molecule has 0 fully saturated rings. The summed E-state index contributed by atoms with van der Waals surface area (Å²) in [5.74, 6) is -0.259. The smallest absolute Gasteiger partial charge is 0.125 e. The molecule has 0 bridgehead atoms. The molecule has 0 unspecified atom stereocenters. The Morgan fingerprint density at radius 3 is 3.08 bits per heavy atom. The average molecular weight is 179 g/mol. The first-order valence-electron chi connectivity index (χ1n) is 4.12. The van der Waals surface area contributed by atoms with Crippen molar-refractivity contribution >= 4 is 11.0 Å². The summed E-state index contributed by atoms with van der Waals surface area (Å²) in [6, 6.07) is 4.56. The van der Waals surface area contributed by atoms with Crippen molar-refractivity contribution in [2.24, 2.45) is 5.73 Å². The van der Waals surface area contributed by atoms with E-state index in [9.17, 15) is 4.39 Å². The van der Waals surface area contributed by atoms with E-state index in [1.807, 2.05) is 4.57 Å². The lowest BCUT2D eigenvalue weighted by Gasteiger charge is -1.99. The maximum Gasteiger partial charge on any atom is 0.125 e. The zero-order chi connectivity index (χ0) is 9.26. The zero-order valence-electron chi connectivity index (χ0n) is 7.07. The Hall–Kier alpha value is -1.42. The normalized spacial score (nSPS) is 10.9. The van der Waals surface area contributed by atoms with Crippen LogP contribution in [0.4, 0.5) is 4.39 Å². The van der Waals surface area contributed by atoms with Gasteiger partial charge in [0.1, 0.15) is 5.82 Å². The molecule has 1 aromatic heterocycles. The number of hydrogen-bond acceptors (Lipinski definition) is 2. The number of imidazole rings is 1. The molecule has 4 heteroatoms. The molecule has 2 rings (SSSR count). The molecule has 3 nitrogen and oxygen atoms in total. The topological polar surface area (TPSA) is 43.8 Å². The third kappa shape index (κ3) is 1.40. The van der Waals surface area contributed by atoms with Crippen molar-refractivity contribution in [1.82, 2.24) is 9.55 Å². The second kappa shape index (κ2) is 3.14. The highest BCUT2D eigenvalue weighted by Crippen LogP contribution is 2.13. The fourth-order valence-electron chi connectivity index (χ4n) is 1.35. The van der Waals surface area contributed by atoms with E-state index in [1.54, 1.807) is 12.4 Å². The van der Waals surface area contributed by atoms with Crippen molar-refractivity contribution in [3.8, 4) is 0 Å². The Morgan fingerprint density at radius 2 is 2.31 bits per heavy atom. The molecule has 1 aromatic carbocycles. The summed E-state index contributed by atoms with van der Waals surface area (Å²) in [5.41, 5.74) is 7.02. The Bertz CT molecular complexity index is 422. The van der Waals surface area contributed by atoms with Gasteiger partial charge in [-0.25, -0.2) is 9.37 Å². The predicted molar refractivity (Wildman–Crippen MR) is 48.7 cm³/mol. The molecule has 0 aliphatic heterocycles. The molecule has 0 spiro atoms. The fourth-order valence-corrected chi connectivity index (χ4v) is 1.35. The maximum atomic E-state index is 12.8. The van der Waals surface area contributed by atoms with Gasteiger partial charge in [-0.05, 0) is 12.1 Å². The minimum absolute atomic E-state index is 0.259. The van der Waals surface area contributed by atoms with Crippen LogP contribution in [0.2, 0.25) is 0 Å². The Balaban J connectivity index is 2.55. The van der Waals surface area contributed by atoms with Gasteiger partial charge in [-0.3, -0.25) is 0 Å². The van der Waals surface area contributed by atoms with E-state index in [0.29, 0.717) is 18.6 Å². The largest absolute Gasteiger partial charge is 0.329 e. The number of nitrogens with zero attached hydrogens (tertiary/aromatic N) is 2. The van der Waals surface area contributed by atoms with Crippen LogP contribution in [0, 0.1) is 5.82 Å². The molecule has 68 valence electrons. The van der Waals surface area contributed by atoms with Gasteiger partial charge in [0.2, 0.25) is 0 Å². The van der Waals surface area contributed by atoms with Crippen molar-refractivity contribution in [2.75, 3.05) is 6.54 Å². The highest BCUT2D eigenvalue weighted by Gasteiger charge is 2.01. The molecular weight excluding hydrogens is 169 g/mol. The van der Waals surface area contributed by atoms with Gasteiger partial charge in [-0.15, -0.1) is 0 Å². The highest BCUT2D eigenvalue weighted by atomic mass is 19.1. The van der Waals surface area contributed by atoms with Crippen LogP contribution in [0.5, 0.6) is 0 Å². The molecule has 0 aliphatic carbocycles. The van der Waals surface area contributed by atoms with Gasteiger partial charge < -0.3 is 10.3 Å². The van der Waals surface area contributed by atoms with Gasteiger partial charge in [0.25, 0.3) is 0 Å². The summed E-state index contributed by atoms with van der Waals surface area (Å²) in [6.45, 7) is 1.27. The second-order valence-electron chi connectivity index (χ2n) is 2.86. The summed E-state index contributed by atoms with van der Waals surface area (Å²) in [4.78, 5) is 4.07. The van der Waals surface area contributed by atoms with Gasteiger partial charge in [-0.2, -0.15) is 0 Å². The number of aromatic nitrogens is 2. The Labute approximate surface area is 75.0 Å². The molecule has 1 heterocycles. The van der Waals surface area contributed by atoms with E-state index in [2.05, 4.69) is 4.98 Å². The highest BCUT2D eigenvalue weighted by molar-refractivity contribution is 5.75. The Kier molecular flexibility index (Phi) is 1.98. The quantitative estimate of drug-likeness (QED) is 0.751. The molecular formula is C9H10FN3. The van der Waals surface area contributed by atoms with E-state index in [1.165, 1.54) is 12.1 Å². The molecule has 0 amide bonds. The van der Waals surface area contributed by atoms with Crippen LogP contribution >= 0.6 is 0 Å². The monoisotopic (exact) mass is 179 g/mol. The summed E-state index contributed by atoms with van der Waals surface area (Å²) >= 11 is 0. The van der Waals surface area contributed by atoms with Gasteiger partial charge in [0.05, 0.1) is 17.4 Å². The van der Waals surface area contributed by atoms with Crippen LogP contribution in [0.15, 0.2) is 24.5 Å². The molecule has 0 aliphatic rings. The average Bonchev–Trinajstić information content (AvgIpc) is 2.49. The zero-order valence-corrected chi connectivity index (χ0v) is 7.07. The maximum absolute atomic E-state index is 12.8. The van der Waals surface area contributed by atoms with Crippen LogP contribution in [0.25, 0.3) is 11.0 Å². The SMILES string of the molecule is NCCn1cnc2cc(F)ccc21. The summed E-state index contributed by atoms with van der Waals surface area (Å²) in [5, 5.41) is 0. The number of halogens is 1. The predicted octanol–water partition coefficient (Wildman–Crippen LogP) is 1.13. The van der Waals surface area contributed by atoms with Gasteiger partial charge in [-0.1, -0.05) is 0 Å². The molecule has 0 saturated heterocycles. The number of hydrogen-bond donors (Lipinski definition) is 1. The van der Waals surface area contributed by atoms with Crippen LogP contribution in [-0.2, 0) is 6.54 Å². The van der Waals surface area contributed by atoms with Crippen LogP contribution < -0.4 is 5.73 Å². The summed E-state index contributed by atoms with van der Waals surface area (Å²) < 4.78 is 14.7. The van der Waals surface area contributed by atoms with E-state index in [-0.39, 0.29) is 5.82 Å². The first-order chi connectivity index (χ1) is 6.31. The lowest BCUT2D eigenvalue weighted by molar-refractivity contribution is 0.629. The van der Waals surface area contributed by atoms with Gasteiger partial charge >= 0.3 is 0 Å². The van der Waals surface area contributed by atoms with Gasteiger partial charge in [0.15, 0.2) is 0 Å². The molecule has 0 atom stereocenters. The van der Waals surface area contributed by atoms with Crippen LogP contribution in [0.3, 0.4) is 0 Å². The summed E-state index contributed by atoms with van der Waals surface area (Å²) in [7, 11) is 0. The van der Waals surface area contributed by atoms with E-state index >= 15 is 0 Å². The van der Waals surface area contributed by atoms with Gasteiger partial charge in [0, 0.05) is 19.2 Å². The molecule has 0 radical (unpaired) electrons. The van der Waals surface area contributed by atoms with Crippen LogP contribution in [0.1, 0.15) is 0 Å². The minimum Gasteiger partial charge on any atom is -0.329 e. The van der Waals surface area contributed by atoms with E-state index in [4.69, 9.17) is 5.73 Å². The number of benzene rings is 1. The summed E-state index contributed by atoms with van der Waals surface area (Å²) in [6.07, 6.45) is 1.68. The fraction of sp³-hybridized carbons (Fsp3) is 0.222. The van der Waals surface area contributed by atoms with Crippen LogP contribution in [-0.4, -0.2) is 16.1 Å². The van der Waals surface area contributed by atoms with E-state index in [0.717, 1.165) is 5.52 Å². The number of fused-ring (bicyclic) bond motifs is 1. The van der Waals surface area contributed by atoms with E-state index < -0.39 is 0 Å². The molecule has 13 heavy (non-hydrogen) atoms. The van der Waals surface area contributed by atoms with Crippen molar-refractivity contribution in [3.63, 3.8) is 0 Å². The standard InChI is InChI=1S/C9H10FN3/c10-7-1-2-9-8(5-7)12-6-13(9)4-3-11/h1-2,5-6H,3-4,11H2. The molecule has 2 N–H and O–H groups in total. The lowest BCUT2D eigenvalue weighted by Crippen LogP contribution is -2.08. The Morgan fingerprint density at radius 1 is 1.46 bits per heavy atom. The second-order valence-corrected chi connectivity index (χ2v) is 2.86.